The van der Waals surface area contributed by atoms with Crippen LogP contribution in [0, 0.1) is 6.92 Å². The number of nitrogens with zero attached hydrogens (tertiary/aromatic N) is 2. The van der Waals surface area contributed by atoms with Crippen molar-refractivity contribution in [3.05, 3.63) is 47.3 Å². The molecule has 1 aliphatic heterocycles. The van der Waals surface area contributed by atoms with Crippen molar-refractivity contribution in [2.45, 2.75) is 6.92 Å². The summed E-state index contributed by atoms with van der Waals surface area (Å²) in [4.78, 5) is 12.1. The van der Waals surface area contributed by atoms with E-state index in [-0.39, 0.29) is 12.6 Å². The molecule has 0 saturated carbocycles. The van der Waals surface area contributed by atoms with Crippen LogP contribution < -0.4 is 9.47 Å². The number of carbonyl (C=O) groups is 1. The first-order chi connectivity index (χ1) is 9.65. The summed E-state index contributed by atoms with van der Waals surface area (Å²) in [5.74, 6) is 1.21. The predicted octanol–water partition coefficient (Wildman–Crippen LogP) is 2.35. The Morgan fingerprint density at radius 1 is 1.35 bits per heavy atom. The zero-order chi connectivity index (χ0) is 14.1. The van der Waals surface area contributed by atoms with Gasteiger partial charge in [-0.1, -0.05) is 0 Å². The number of carbonyl (C=O) groups excluding carboxylic acids is 1. The molecule has 0 fully saturated rings. The molecular weight excluding hydrogens is 256 g/mol. The molecule has 102 valence electrons. The molecule has 2 heterocycles. The normalized spacial score (nSPS) is 13.1. The Kier molecular flexibility index (Phi) is 3.02. The van der Waals surface area contributed by atoms with E-state index in [1.807, 2.05) is 14.0 Å². The van der Waals surface area contributed by atoms with Gasteiger partial charge in [-0.05, 0) is 37.3 Å². The molecule has 0 amide bonds. The molecule has 5 nitrogen and oxygen atoms in total. The number of ether oxygens (including phenoxy) is 2. The van der Waals surface area contributed by atoms with Gasteiger partial charge in [0.2, 0.25) is 6.79 Å². The van der Waals surface area contributed by atoms with Gasteiger partial charge in [-0.3, -0.25) is 9.48 Å². The molecule has 1 aromatic heterocycles. The van der Waals surface area contributed by atoms with Crippen molar-refractivity contribution in [2.24, 2.45) is 7.05 Å². The third kappa shape index (κ3) is 2.18. The van der Waals surface area contributed by atoms with Crippen LogP contribution in [0.5, 0.6) is 11.5 Å². The van der Waals surface area contributed by atoms with Gasteiger partial charge in [-0.2, -0.15) is 5.10 Å². The van der Waals surface area contributed by atoms with Crippen LogP contribution in [0.25, 0.3) is 6.08 Å². The Balaban J connectivity index is 1.81. The smallest absolute Gasteiger partial charge is 0.231 e. The second-order valence-corrected chi connectivity index (χ2v) is 4.57. The van der Waals surface area contributed by atoms with Crippen molar-refractivity contribution in [2.75, 3.05) is 6.79 Å². The van der Waals surface area contributed by atoms with Crippen LogP contribution in [0.4, 0.5) is 0 Å². The van der Waals surface area contributed by atoms with Gasteiger partial charge in [0, 0.05) is 23.9 Å². The standard InChI is InChI=1S/C15H14N2O3/c1-10-12(8-16-17(10)2)3-5-13(18)11-4-6-14-15(7-11)20-9-19-14/h3-8H,9H2,1-2H3. The van der Waals surface area contributed by atoms with Crippen LogP contribution >= 0.6 is 0 Å². The topological polar surface area (TPSA) is 53.4 Å². The van der Waals surface area contributed by atoms with Gasteiger partial charge in [0.25, 0.3) is 0 Å². The fraction of sp³-hybridized carbons (Fsp3) is 0.200. The average Bonchev–Trinajstić information content (AvgIpc) is 3.04. The lowest BCUT2D eigenvalue weighted by Gasteiger charge is -1.99. The third-order valence-corrected chi connectivity index (χ3v) is 3.34. The molecule has 0 saturated heterocycles. The van der Waals surface area contributed by atoms with Crippen molar-refractivity contribution in [1.29, 1.82) is 0 Å². The van der Waals surface area contributed by atoms with Gasteiger partial charge in [0.05, 0.1) is 6.20 Å². The predicted molar refractivity (Wildman–Crippen MR) is 73.9 cm³/mol. The van der Waals surface area contributed by atoms with Gasteiger partial charge in [0.1, 0.15) is 0 Å². The van der Waals surface area contributed by atoms with Crippen molar-refractivity contribution in [3.63, 3.8) is 0 Å². The number of hydrogen-bond acceptors (Lipinski definition) is 4. The number of benzene rings is 1. The van der Waals surface area contributed by atoms with Crippen molar-refractivity contribution in [1.82, 2.24) is 9.78 Å². The molecule has 0 N–H and O–H groups in total. The van der Waals surface area contributed by atoms with Gasteiger partial charge in [0.15, 0.2) is 17.3 Å². The molecule has 1 aromatic carbocycles. The fourth-order valence-electron chi connectivity index (χ4n) is 1.99. The molecule has 0 spiro atoms. The molecule has 0 aliphatic carbocycles. The SMILES string of the molecule is Cc1c(C=CC(=O)c2ccc3c(c2)OCO3)cnn1C. The molecule has 0 bridgehead atoms. The molecule has 0 atom stereocenters. The summed E-state index contributed by atoms with van der Waals surface area (Å²) in [7, 11) is 1.87. The van der Waals surface area contributed by atoms with E-state index < -0.39 is 0 Å². The minimum absolute atomic E-state index is 0.0773. The zero-order valence-corrected chi connectivity index (χ0v) is 11.3. The maximum Gasteiger partial charge on any atom is 0.231 e. The van der Waals surface area contributed by atoms with Crippen LogP contribution in [0.3, 0.4) is 0 Å². The van der Waals surface area contributed by atoms with E-state index in [1.54, 1.807) is 41.2 Å². The second kappa shape index (κ2) is 4.85. The lowest BCUT2D eigenvalue weighted by molar-refractivity contribution is 0.104. The van der Waals surface area contributed by atoms with Gasteiger partial charge in [-0.25, -0.2) is 0 Å². The number of allylic oxidation sites excluding steroid dienone is 1. The van der Waals surface area contributed by atoms with Crippen LogP contribution in [-0.2, 0) is 7.05 Å². The highest BCUT2D eigenvalue weighted by atomic mass is 16.7. The third-order valence-electron chi connectivity index (χ3n) is 3.34. The van der Waals surface area contributed by atoms with E-state index in [9.17, 15) is 4.79 Å². The number of fused-ring (bicyclic) bond motifs is 1. The highest BCUT2D eigenvalue weighted by Crippen LogP contribution is 2.32. The van der Waals surface area contributed by atoms with Crippen LogP contribution in [0.15, 0.2) is 30.5 Å². The second-order valence-electron chi connectivity index (χ2n) is 4.57. The molecule has 0 unspecified atom stereocenters. The maximum absolute atomic E-state index is 12.1. The van der Waals surface area contributed by atoms with Crippen LogP contribution in [0.1, 0.15) is 21.6 Å². The number of aromatic nitrogens is 2. The minimum atomic E-state index is -0.0773. The number of aryl methyl sites for hydroxylation is 1. The first-order valence-electron chi connectivity index (χ1n) is 6.26. The number of rotatable bonds is 3. The van der Waals surface area contributed by atoms with E-state index in [0.29, 0.717) is 17.1 Å². The summed E-state index contributed by atoms with van der Waals surface area (Å²) in [6, 6.07) is 5.18. The van der Waals surface area contributed by atoms with E-state index in [0.717, 1.165) is 11.3 Å². The van der Waals surface area contributed by atoms with Gasteiger partial charge >= 0.3 is 0 Å². The molecule has 20 heavy (non-hydrogen) atoms. The zero-order valence-electron chi connectivity index (χ0n) is 11.3. The molecule has 3 rings (SSSR count). The van der Waals surface area contributed by atoms with Crippen molar-refractivity contribution < 1.29 is 14.3 Å². The highest BCUT2D eigenvalue weighted by Gasteiger charge is 2.15. The summed E-state index contributed by atoms with van der Waals surface area (Å²) >= 11 is 0. The first-order valence-corrected chi connectivity index (χ1v) is 6.26. The maximum atomic E-state index is 12.1. The van der Waals surface area contributed by atoms with Crippen molar-refractivity contribution >= 4 is 11.9 Å². The monoisotopic (exact) mass is 270 g/mol. The summed E-state index contributed by atoms with van der Waals surface area (Å²) in [6.45, 7) is 2.16. The molecule has 2 aromatic rings. The summed E-state index contributed by atoms with van der Waals surface area (Å²) in [6.07, 6.45) is 5.05. The Hall–Kier alpha value is -2.56. The summed E-state index contributed by atoms with van der Waals surface area (Å²) in [5.41, 5.74) is 2.52. The van der Waals surface area contributed by atoms with E-state index >= 15 is 0 Å². The highest BCUT2D eigenvalue weighted by molar-refractivity contribution is 6.07. The Labute approximate surface area is 116 Å². The van der Waals surface area contributed by atoms with Crippen LogP contribution in [0.2, 0.25) is 0 Å². The van der Waals surface area contributed by atoms with E-state index in [1.165, 1.54) is 0 Å². The van der Waals surface area contributed by atoms with Crippen LogP contribution in [-0.4, -0.2) is 22.4 Å². The largest absolute Gasteiger partial charge is 0.454 e. The molecular formula is C15H14N2O3. The summed E-state index contributed by atoms with van der Waals surface area (Å²) in [5, 5.41) is 4.13. The average molecular weight is 270 g/mol. The van der Waals surface area contributed by atoms with E-state index in [4.69, 9.17) is 9.47 Å². The lowest BCUT2D eigenvalue weighted by Crippen LogP contribution is -1.95. The minimum Gasteiger partial charge on any atom is -0.454 e. The number of hydrogen-bond donors (Lipinski definition) is 0. The molecule has 1 aliphatic rings. The Morgan fingerprint density at radius 2 is 2.15 bits per heavy atom. The Bertz CT molecular complexity index is 701. The van der Waals surface area contributed by atoms with Gasteiger partial charge < -0.3 is 9.47 Å². The molecule has 0 radical (unpaired) electrons. The quantitative estimate of drug-likeness (QED) is 0.634. The van der Waals surface area contributed by atoms with Gasteiger partial charge in [-0.15, -0.1) is 0 Å². The summed E-state index contributed by atoms with van der Waals surface area (Å²) < 4.78 is 12.2. The Morgan fingerprint density at radius 3 is 2.90 bits per heavy atom. The van der Waals surface area contributed by atoms with Crippen molar-refractivity contribution in [3.8, 4) is 11.5 Å². The lowest BCUT2D eigenvalue weighted by atomic mass is 10.1. The van der Waals surface area contributed by atoms with E-state index in [2.05, 4.69) is 5.10 Å². The molecule has 5 heteroatoms. The number of ketones is 1. The first kappa shape index (κ1) is 12.5. The fourth-order valence-corrected chi connectivity index (χ4v) is 1.99.